The number of nitrogens with two attached hydrogens (primary N) is 1. The molecule has 82 valence electrons. The van der Waals surface area contributed by atoms with Gasteiger partial charge in [-0.3, -0.25) is 11.3 Å². The molecule has 1 aromatic carbocycles. The number of thiophene rings is 1. The van der Waals surface area contributed by atoms with Crippen LogP contribution in [0.25, 0.3) is 10.1 Å². The number of rotatable bonds is 3. The maximum Gasteiger partial charge on any atom is 0.124 e. The summed E-state index contributed by atoms with van der Waals surface area (Å²) >= 11 is 1.51. The van der Waals surface area contributed by atoms with Crippen molar-refractivity contribution in [1.82, 2.24) is 5.43 Å². The Morgan fingerprint density at radius 1 is 1.50 bits per heavy atom. The Balaban J connectivity index is 2.42. The summed E-state index contributed by atoms with van der Waals surface area (Å²) in [5, 5.41) is 1.01. The largest absolute Gasteiger partial charge is 0.271 e. The van der Waals surface area contributed by atoms with Crippen molar-refractivity contribution in [2.24, 2.45) is 5.84 Å². The number of benzene rings is 1. The van der Waals surface area contributed by atoms with Crippen molar-refractivity contribution in [1.29, 1.82) is 0 Å². The molecule has 1 aromatic heterocycles. The van der Waals surface area contributed by atoms with Gasteiger partial charge in [0.05, 0.1) is 6.04 Å². The maximum absolute atomic E-state index is 13.0. The minimum absolute atomic E-state index is 0.0644. The highest BCUT2D eigenvalue weighted by Crippen LogP contribution is 2.31. The van der Waals surface area contributed by atoms with E-state index in [-0.39, 0.29) is 11.9 Å². The molecule has 3 N–H and O–H groups in total. The van der Waals surface area contributed by atoms with Gasteiger partial charge in [0.1, 0.15) is 5.82 Å². The minimum atomic E-state index is -0.227. The molecular formula is C12H11FN2S. The normalized spacial score (nSPS) is 12.6. The van der Waals surface area contributed by atoms with Crippen LogP contribution >= 0.6 is 11.3 Å². The van der Waals surface area contributed by atoms with Gasteiger partial charge < -0.3 is 0 Å². The summed E-state index contributed by atoms with van der Waals surface area (Å²) in [5.41, 5.74) is 2.67. The molecule has 0 radical (unpaired) electrons. The van der Waals surface area contributed by atoms with Gasteiger partial charge >= 0.3 is 0 Å². The molecule has 1 unspecified atom stereocenters. The topological polar surface area (TPSA) is 38.0 Å². The van der Waals surface area contributed by atoms with Gasteiger partial charge in [-0.15, -0.1) is 23.7 Å². The summed E-state index contributed by atoms with van der Waals surface area (Å²) in [6.07, 6.45) is 5.78. The lowest BCUT2D eigenvalue weighted by Crippen LogP contribution is -2.26. The predicted molar refractivity (Wildman–Crippen MR) is 65.3 cm³/mol. The number of hydrogen-bond donors (Lipinski definition) is 2. The van der Waals surface area contributed by atoms with Crippen LogP contribution in [-0.4, -0.2) is 0 Å². The van der Waals surface area contributed by atoms with Crippen LogP contribution in [-0.2, 0) is 0 Å². The molecule has 0 amide bonds. The first-order valence-corrected chi connectivity index (χ1v) is 5.65. The van der Waals surface area contributed by atoms with Gasteiger partial charge in [-0.05, 0) is 23.6 Å². The summed E-state index contributed by atoms with van der Waals surface area (Å²) in [5.74, 6) is 7.77. The van der Waals surface area contributed by atoms with Crippen molar-refractivity contribution in [3.8, 4) is 12.3 Å². The zero-order valence-electron chi connectivity index (χ0n) is 8.53. The summed E-state index contributed by atoms with van der Waals surface area (Å²) in [6, 6.07) is 6.65. The van der Waals surface area contributed by atoms with E-state index in [0.717, 1.165) is 15.0 Å². The first kappa shape index (κ1) is 11.1. The van der Waals surface area contributed by atoms with E-state index in [1.54, 1.807) is 6.07 Å². The van der Waals surface area contributed by atoms with E-state index in [1.807, 2.05) is 6.07 Å². The fourth-order valence-electron chi connectivity index (χ4n) is 1.56. The molecule has 0 fully saturated rings. The van der Waals surface area contributed by atoms with Gasteiger partial charge in [0.25, 0.3) is 0 Å². The van der Waals surface area contributed by atoms with Crippen LogP contribution in [0.1, 0.15) is 17.3 Å². The highest BCUT2D eigenvalue weighted by atomic mass is 32.1. The summed E-state index contributed by atoms with van der Waals surface area (Å²) < 4.78 is 13.9. The Kier molecular flexibility index (Phi) is 3.20. The van der Waals surface area contributed by atoms with Crippen LogP contribution in [0.5, 0.6) is 0 Å². The summed E-state index contributed by atoms with van der Waals surface area (Å²) in [6.45, 7) is 0. The third kappa shape index (κ3) is 2.07. The van der Waals surface area contributed by atoms with Crippen molar-refractivity contribution in [3.05, 3.63) is 35.0 Å². The number of fused-ring (bicyclic) bond motifs is 1. The third-order valence-corrected chi connectivity index (χ3v) is 3.58. The van der Waals surface area contributed by atoms with Gasteiger partial charge in [-0.25, -0.2) is 4.39 Å². The number of hydrazine groups is 1. The lowest BCUT2D eigenvalue weighted by atomic mass is 10.1. The zero-order valence-corrected chi connectivity index (χ0v) is 9.35. The molecule has 1 heterocycles. The smallest absolute Gasteiger partial charge is 0.124 e. The first-order valence-electron chi connectivity index (χ1n) is 4.83. The van der Waals surface area contributed by atoms with Crippen molar-refractivity contribution >= 4 is 21.4 Å². The molecule has 2 aromatic rings. The minimum Gasteiger partial charge on any atom is -0.271 e. The van der Waals surface area contributed by atoms with E-state index >= 15 is 0 Å². The van der Waals surface area contributed by atoms with Gasteiger partial charge in [-0.2, -0.15) is 0 Å². The SMILES string of the molecule is C#CCC(NN)c1cc2ccc(F)cc2s1. The van der Waals surface area contributed by atoms with E-state index in [0.29, 0.717) is 6.42 Å². The zero-order chi connectivity index (χ0) is 11.5. The molecule has 0 aliphatic rings. The summed E-state index contributed by atoms with van der Waals surface area (Å²) in [4.78, 5) is 1.03. The number of terminal acetylenes is 1. The molecule has 0 saturated carbocycles. The Hall–Kier alpha value is -1.41. The molecule has 0 aliphatic carbocycles. The summed E-state index contributed by atoms with van der Waals surface area (Å²) in [7, 11) is 0. The molecule has 1 atom stereocenters. The Labute approximate surface area is 97.2 Å². The van der Waals surface area contributed by atoms with E-state index < -0.39 is 0 Å². The second-order valence-electron chi connectivity index (χ2n) is 3.46. The lowest BCUT2D eigenvalue weighted by molar-refractivity contribution is 0.577. The fourth-order valence-corrected chi connectivity index (χ4v) is 2.71. The molecular weight excluding hydrogens is 223 g/mol. The van der Waals surface area contributed by atoms with Gasteiger partial charge in [0, 0.05) is 16.0 Å². The highest BCUT2D eigenvalue weighted by molar-refractivity contribution is 7.19. The van der Waals surface area contributed by atoms with Crippen molar-refractivity contribution in [3.63, 3.8) is 0 Å². The van der Waals surface area contributed by atoms with Crippen LogP contribution in [0.3, 0.4) is 0 Å². The average molecular weight is 234 g/mol. The molecule has 0 aliphatic heterocycles. The molecule has 0 spiro atoms. The van der Waals surface area contributed by atoms with Gasteiger partial charge in [0.2, 0.25) is 0 Å². The van der Waals surface area contributed by atoms with Crippen molar-refractivity contribution in [2.45, 2.75) is 12.5 Å². The highest BCUT2D eigenvalue weighted by Gasteiger charge is 2.12. The quantitative estimate of drug-likeness (QED) is 0.486. The number of nitrogens with one attached hydrogen (secondary N) is 1. The van der Waals surface area contributed by atoms with Crippen molar-refractivity contribution < 1.29 is 4.39 Å². The Bertz CT molecular complexity index is 541. The number of hydrogen-bond acceptors (Lipinski definition) is 3. The van der Waals surface area contributed by atoms with Gasteiger partial charge in [-0.1, -0.05) is 6.07 Å². The lowest BCUT2D eigenvalue weighted by Gasteiger charge is -2.09. The Morgan fingerprint density at radius 2 is 2.31 bits per heavy atom. The van der Waals surface area contributed by atoms with Crippen LogP contribution in [0.2, 0.25) is 0 Å². The van der Waals surface area contributed by atoms with E-state index in [4.69, 9.17) is 12.3 Å². The monoisotopic (exact) mass is 234 g/mol. The fraction of sp³-hybridized carbons (Fsp3) is 0.167. The molecule has 0 saturated heterocycles. The second kappa shape index (κ2) is 4.62. The predicted octanol–water partition coefficient (Wildman–Crippen LogP) is 2.57. The maximum atomic E-state index is 13.0. The van der Waals surface area contributed by atoms with Crippen LogP contribution in [0.4, 0.5) is 4.39 Å². The second-order valence-corrected chi connectivity index (χ2v) is 4.57. The molecule has 2 rings (SSSR count). The van der Waals surface area contributed by atoms with Crippen LogP contribution in [0, 0.1) is 18.2 Å². The van der Waals surface area contributed by atoms with Crippen LogP contribution < -0.4 is 11.3 Å². The molecule has 16 heavy (non-hydrogen) atoms. The number of halogens is 1. The van der Waals surface area contributed by atoms with E-state index in [9.17, 15) is 4.39 Å². The Morgan fingerprint density at radius 3 is 3.00 bits per heavy atom. The molecule has 2 nitrogen and oxygen atoms in total. The standard InChI is InChI=1S/C12H11FN2S/c1-2-3-10(15-14)12-6-8-4-5-9(13)7-11(8)16-12/h1,4-7,10,15H,3,14H2. The molecule has 0 bridgehead atoms. The van der Waals surface area contributed by atoms with Gasteiger partial charge in [0.15, 0.2) is 0 Å². The van der Waals surface area contributed by atoms with Crippen LogP contribution in [0.15, 0.2) is 24.3 Å². The average Bonchev–Trinajstić information content (AvgIpc) is 2.68. The third-order valence-electron chi connectivity index (χ3n) is 2.37. The molecule has 4 heteroatoms. The van der Waals surface area contributed by atoms with E-state index in [1.165, 1.54) is 23.5 Å². The first-order chi connectivity index (χ1) is 7.74. The van der Waals surface area contributed by atoms with Crippen molar-refractivity contribution in [2.75, 3.05) is 0 Å². The van der Waals surface area contributed by atoms with E-state index in [2.05, 4.69) is 11.3 Å².